The van der Waals surface area contributed by atoms with E-state index in [0.29, 0.717) is 0 Å². The summed E-state index contributed by atoms with van der Waals surface area (Å²) in [4.78, 5) is 16.1. The summed E-state index contributed by atoms with van der Waals surface area (Å²) in [5.41, 5.74) is -0.103. The zero-order valence-electron chi connectivity index (χ0n) is 11.5. The Hall–Kier alpha value is -0.850. The molecule has 0 fully saturated rings. The first kappa shape index (κ1) is 18.5. The Morgan fingerprint density at radius 3 is 2.48 bits per heavy atom. The Morgan fingerprint density at radius 2 is 1.96 bits per heavy atom. The lowest BCUT2D eigenvalue weighted by atomic mass is 10.2. The minimum absolute atomic E-state index is 0.00843. The molecule has 0 aliphatic heterocycles. The van der Waals surface area contributed by atoms with Crippen molar-refractivity contribution < 1.29 is 13.9 Å². The number of benzene rings is 1. The van der Waals surface area contributed by atoms with Crippen molar-refractivity contribution in [1.82, 2.24) is 0 Å². The van der Waals surface area contributed by atoms with Crippen molar-refractivity contribution in [3.63, 3.8) is 0 Å². The number of aliphatic imine (C=N–C) groups is 1. The van der Waals surface area contributed by atoms with Crippen molar-refractivity contribution in [2.24, 2.45) is 4.99 Å². The average Bonchev–Trinajstić information content (AvgIpc) is 2.75. The molecular formula is C14H8Cl4FNO2S. The van der Waals surface area contributed by atoms with Gasteiger partial charge < -0.3 is 4.74 Å². The van der Waals surface area contributed by atoms with Crippen molar-refractivity contribution in [1.29, 1.82) is 0 Å². The molecule has 0 bridgehead atoms. The monoisotopic (exact) mass is 413 g/mol. The molecule has 0 aliphatic rings. The summed E-state index contributed by atoms with van der Waals surface area (Å²) < 4.78 is 19.4. The second kappa shape index (κ2) is 7.81. The smallest absolute Gasteiger partial charge is 0.291 e. The normalized spacial score (nSPS) is 11.7. The fourth-order valence-corrected chi connectivity index (χ4v) is 3.57. The number of thiophene rings is 1. The lowest BCUT2D eigenvalue weighted by molar-refractivity contribution is 0.100. The number of amides is 1. The highest BCUT2D eigenvalue weighted by Crippen LogP contribution is 2.40. The van der Waals surface area contributed by atoms with E-state index in [1.54, 1.807) is 6.92 Å². The van der Waals surface area contributed by atoms with Gasteiger partial charge in [-0.1, -0.05) is 52.5 Å². The van der Waals surface area contributed by atoms with Crippen LogP contribution in [0.25, 0.3) is 0 Å². The summed E-state index contributed by atoms with van der Waals surface area (Å²) >= 11 is 24.5. The molecular weight excluding hydrogens is 407 g/mol. The van der Waals surface area contributed by atoms with Crippen LogP contribution in [0.5, 0.6) is 0 Å². The molecule has 0 N–H and O–H groups in total. The van der Waals surface area contributed by atoms with Crippen LogP contribution in [-0.2, 0) is 4.74 Å². The molecule has 0 atom stereocenters. The van der Waals surface area contributed by atoms with E-state index in [9.17, 15) is 9.18 Å². The predicted octanol–water partition coefficient (Wildman–Crippen LogP) is 6.12. The van der Waals surface area contributed by atoms with Crippen molar-refractivity contribution in [2.75, 3.05) is 6.61 Å². The van der Waals surface area contributed by atoms with Gasteiger partial charge in [-0.25, -0.2) is 4.39 Å². The third-order valence-electron chi connectivity index (χ3n) is 2.61. The van der Waals surface area contributed by atoms with Gasteiger partial charge in [-0.2, -0.15) is 4.99 Å². The number of halogens is 5. The SMILES string of the molecule is CCO/C(=N\C(=O)c1sc(Cl)c(Cl)c1Cl)c1c(F)cccc1Cl. The second-order valence-electron chi connectivity index (χ2n) is 4.08. The number of hydrogen-bond donors (Lipinski definition) is 0. The van der Waals surface area contributed by atoms with E-state index in [1.807, 2.05) is 0 Å². The minimum atomic E-state index is -0.753. The lowest BCUT2D eigenvalue weighted by Crippen LogP contribution is -2.12. The number of carbonyl (C=O) groups is 1. The summed E-state index contributed by atoms with van der Waals surface area (Å²) in [7, 11) is 0. The molecule has 1 aromatic heterocycles. The van der Waals surface area contributed by atoms with Gasteiger partial charge in [-0.05, 0) is 19.1 Å². The topological polar surface area (TPSA) is 38.7 Å². The molecule has 0 radical (unpaired) electrons. The van der Waals surface area contributed by atoms with Crippen molar-refractivity contribution in [3.05, 3.63) is 53.9 Å². The quantitative estimate of drug-likeness (QED) is 0.447. The van der Waals surface area contributed by atoms with Gasteiger partial charge in [-0.15, -0.1) is 11.3 Å². The van der Waals surface area contributed by atoms with E-state index in [0.717, 1.165) is 11.3 Å². The van der Waals surface area contributed by atoms with Crippen molar-refractivity contribution in [2.45, 2.75) is 6.92 Å². The number of ether oxygens (including phenoxy) is 1. The highest BCUT2D eigenvalue weighted by atomic mass is 35.5. The molecule has 0 spiro atoms. The first-order valence-corrected chi connectivity index (χ1v) is 8.53. The summed E-state index contributed by atoms with van der Waals surface area (Å²) in [6, 6.07) is 4.08. The van der Waals surface area contributed by atoms with Gasteiger partial charge in [0.2, 0.25) is 5.90 Å². The molecule has 2 rings (SSSR count). The molecule has 2 aromatic rings. The first-order chi connectivity index (χ1) is 10.9. The maximum atomic E-state index is 14.0. The van der Waals surface area contributed by atoms with E-state index < -0.39 is 11.7 Å². The summed E-state index contributed by atoms with van der Waals surface area (Å²) in [5, 5.41) is 0.128. The third-order valence-corrected chi connectivity index (χ3v) is 5.49. The number of hydrogen-bond acceptors (Lipinski definition) is 3. The van der Waals surface area contributed by atoms with E-state index >= 15 is 0 Å². The fourth-order valence-electron chi connectivity index (χ4n) is 1.64. The van der Waals surface area contributed by atoms with Crippen LogP contribution in [0.3, 0.4) is 0 Å². The van der Waals surface area contributed by atoms with E-state index in [4.69, 9.17) is 51.1 Å². The van der Waals surface area contributed by atoms with Crippen LogP contribution in [-0.4, -0.2) is 18.4 Å². The Bertz CT molecular complexity index is 771. The first-order valence-electron chi connectivity index (χ1n) is 6.20. The van der Waals surface area contributed by atoms with Gasteiger partial charge in [0.25, 0.3) is 5.91 Å². The zero-order chi connectivity index (χ0) is 17.1. The van der Waals surface area contributed by atoms with Crippen LogP contribution in [0.4, 0.5) is 4.39 Å². The number of carbonyl (C=O) groups excluding carboxylic acids is 1. The van der Waals surface area contributed by atoms with Gasteiger partial charge in [0.05, 0.1) is 27.2 Å². The highest BCUT2D eigenvalue weighted by molar-refractivity contribution is 7.19. The zero-order valence-corrected chi connectivity index (χ0v) is 15.3. The molecule has 122 valence electrons. The molecule has 0 unspecified atom stereocenters. The largest absolute Gasteiger partial charge is 0.477 e. The molecule has 23 heavy (non-hydrogen) atoms. The molecule has 1 amide bonds. The molecule has 0 saturated carbocycles. The van der Waals surface area contributed by atoms with Gasteiger partial charge in [0, 0.05) is 0 Å². The van der Waals surface area contributed by atoms with E-state index in [2.05, 4.69) is 4.99 Å². The molecule has 3 nitrogen and oxygen atoms in total. The summed E-state index contributed by atoms with van der Waals surface area (Å²) in [5.74, 6) is -1.65. The second-order valence-corrected chi connectivity index (χ2v) is 6.87. The fraction of sp³-hybridized carbons (Fsp3) is 0.143. The Balaban J connectivity index is 2.50. The van der Waals surface area contributed by atoms with Crippen LogP contribution < -0.4 is 0 Å². The maximum Gasteiger partial charge on any atom is 0.291 e. The molecule has 1 aromatic carbocycles. The van der Waals surface area contributed by atoms with Gasteiger partial charge >= 0.3 is 0 Å². The van der Waals surface area contributed by atoms with Crippen molar-refractivity contribution >= 4 is 69.5 Å². The maximum absolute atomic E-state index is 14.0. The summed E-state index contributed by atoms with van der Waals surface area (Å²) in [6.07, 6.45) is 0. The Labute approximate surface area is 155 Å². The molecule has 1 heterocycles. The molecule has 0 aliphatic carbocycles. The van der Waals surface area contributed by atoms with E-state index in [-0.39, 0.29) is 42.3 Å². The van der Waals surface area contributed by atoms with Crippen LogP contribution in [0.1, 0.15) is 22.2 Å². The predicted molar refractivity (Wildman–Crippen MR) is 93.3 cm³/mol. The standard InChI is InChI=1S/C14H8Cl4FNO2S/c1-2-22-14(8-6(15)4-3-5-7(8)19)20-13(21)11-9(16)10(17)12(18)23-11/h3-5H,2H2,1H3/b20-14-. The Kier molecular flexibility index (Phi) is 6.28. The Morgan fingerprint density at radius 1 is 1.26 bits per heavy atom. The van der Waals surface area contributed by atoms with E-state index in [1.165, 1.54) is 18.2 Å². The average molecular weight is 415 g/mol. The minimum Gasteiger partial charge on any atom is -0.477 e. The van der Waals surface area contributed by atoms with Crippen molar-refractivity contribution in [3.8, 4) is 0 Å². The highest BCUT2D eigenvalue weighted by Gasteiger charge is 2.22. The van der Waals surface area contributed by atoms with Crippen LogP contribution >= 0.6 is 57.7 Å². The van der Waals surface area contributed by atoms with Gasteiger partial charge in [-0.3, -0.25) is 4.79 Å². The number of rotatable bonds is 3. The third kappa shape index (κ3) is 3.98. The summed E-state index contributed by atoms with van der Waals surface area (Å²) in [6.45, 7) is 1.83. The van der Waals surface area contributed by atoms with Crippen LogP contribution in [0.2, 0.25) is 19.4 Å². The van der Waals surface area contributed by atoms with Crippen LogP contribution in [0.15, 0.2) is 23.2 Å². The van der Waals surface area contributed by atoms with Gasteiger partial charge in [0.1, 0.15) is 15.0 Å². The molecule has 0 saturated heterocycles. The lowest BCUT2D eigenvalue weighted by Gasteiger charge is -2.09. The van der Waals surface area contributed by atoms with Crippen LogP contribution in [0, 0.1) is 5.82 Å². The van der Waals surface area contributed by atoms with Gasteiger partial charge in [0.15, 0.2) is 0 Å². The molecule has 9 heteroatoms. The number of nitrogens with zero attached hydrogens (tertiary/aromatic N) is 1.